The lowest BCUT2D eigenvalue weighted by atomic mass is 9.91. The molecule has 2 amide bonds. The largest absolute Gasteiger partial charge is 0.484 e. The van der Waals surface area contributed by atoms with Gasteiger partial charge < -0.3 is 15.4 Å². The summed E-state index contributed by atoms with van der Waals surface area (Å²) < 4.78 is 30.2. The van der Waals surface area contributed by atoms with Gasteiger partial charge in [0, 0.05) is 22.1 Å². The van der Waals surface area contributed by atoms with Crippen molar-refractivity contribution in [3.8, 4) is 5.75 Å². The highest BCUT2D eigenvalue weighted by atomic mass is 35.5. The standard InChI is InChI=1S/C22H24Cl2N2O5S/c23-15-1-9-19(10-2-15)31-13-21(27)25-17-5-7-18(8-6-17)26-22(28)14-32(29,30)20-11-3-16(24)4-12-20/h1-4,9-12,17-18H,5-8,13-14H2,(H,25,27)(H,26,28)/t17-,18-. The molecule has 0 radical (unpaired) electrons. The molecule has 2 N–H and O–H groups in total. The lowest BCUT2D eigenvalue weighted by molar-refractivity contribution is -0.124. The van der Waals surface area contributed by atoms with Crippen LogP contribution in [0.15, 0.2) is 53.4 Å². The van der Waals surface area contributed by atoms with E-state index in [2.05, 4.69) is 10.6 Å². The Morgan fingerprint density at radius 1 is 0.812 bits per heavy atom. The van der Waals surface area contributed by atoms with Crippen LogP contribution in [0.25, 0.3) is 0 Å². The fourth-order valence-corrected chi connectivity index (χ4v) is 4.90. The summed E-state index contributed by atoms with van der Waals surface area (Å²) in [5, 5.41) is 6.73. The lowest BCUT2D eigenvalue weighted by Gasteiger charge is -2.29. The van der Waals surface area contributed by atoms with Crippen LogP contribution in [0.3, 0.4) is 0 Å². The molecular weight excluding hydrogens is 475 g/mol. The molecular formula is C22H24Cl2N2O5S. The van der Waals surface area contributed by atoms with Crippen LogP contribution in [0.5, 0.6) is 5.75 Å². The number of ether oxygens (including phenoxy) is 1. The van der Waals surface area contributed by atoms with Crippen LogP contribution in [0.4, 0.5) is 0 Å². The normalized spacial score (nSPS) is 18.6. The van der Waals surface area contributed by atoms with Gasteiger partial charge in [0.25, 0.3) is 5.91 Å². The zero-order chi connectivity index (χ0) is 23.1. The molecule has 32 heavy (non-hydrogen) atoms. The molecule has 172 valence electrons. The molecule has 1 fully saturated rings. The van der Waals surface area contributed by atoms with Crippen molar-refractivity contribution in [3.63, 3.8) is 0 Å². The smallest absolute Gasteiger partial charge is 0.258 e. The number of rotatable bonds is 8. The van der Waals surface area contributed by atoms with Gasteiger partial charge >= 0.3 is 0 Å². The van der Waals surface area contributed by atoms with Crippen LogP contribution in [0, 0.1) is 0 Å². The first kappa shape index (κ1) is 24.4. The van der Waals surface area contributed by atoms with Crippen LogP contribution >= 0.6 is 23.2 Å². The highest BCUT2D eigenvalue weighted by Crippen LogP contribution is 2.20. The molecule has 0 unspecified atom stereocenters. The van der Waals surface area contributed by atoms with E-state index in [4.69, 9.17) is 27.9 Å². The predicted molar refractivity (Wildman–Crippen MR) is 123 cm³/mol. The Bertz CT molecular complexity index is 1030. The predicted octanol–water partition coefficient (Wildman–Crippen LogP) is 3.39. The van der Waals surface area contributed by atoms with Crippen LogP contribution in [-0.4, -0.2) is 44.7 Å². The molecule has 0 aliphatic heterocycles. The molecule has 0 spiro atoms. The number of amides is 2. The molecule has 0 heterocycles. The molecule has 2 aromatic carbocycles. The van der Waals surface area contributed by atoms with Gasteiger partial charge in [0.2, 0.25) is 5.91 Å². The van der Waals surface area contributed by atoms with E-state index in [0.29, 0.717) is 41.5 Å². The number of carbonyl (C=O) groups excluding carboxylic acids is 2. The van der Waals surface area contributed by atoms with Crippen molar-refractivity contribution in [1.82, 2.24) is 10.6 Å². The van der Waals surface area contributed by atoms with Crippen molar-refractivity contribution >= 4 is 44.9 Å². The zero-order valence-corrected chi connectivity index (χ0v) is 19.5. The Labute approximate surface area is 197 Å². The summed E-state index contributed by atoms with van der Waals surface area (Å²) >= 11 is 11.6. The maximum atomic E-state index is 12.4. The van der Waals surface area contributed by atoms with E-state index in [0.717, 1.165) is 0 Å². The van der Waals surface area contributed by atoms with Gasteiger partial charge in [-0.2, -0.15) is 0 Å². The molecule has 7 nitrogen and oxygen atoms in total. The Morgan fingerprint density at radius 3 is 1.81 bits per heavy atom. The lowest BCUT2D eigenvalue weighted by Crippen LogP contribution is -2.45. The fourth-order valence-electron chi connectivity index (χ4n) is 3.50. The van der Waals surface area contributed by atoms with E-state index in [1.807, 2.05) is 0 Å². The minimum atomic E-state index is -3.73. The Kier molecular flexibility index (Phi) is 8.39. The summed E-state index contributed by atoms with van der Waals surface area (Å²) in [6.07, 6.45) is 2.66. The van der Waals surface area contributed by atoms with Gasteiger partial charge in [-0.3, -0.25) is 9.59 Å². The van der Waals surface area contributed by atoms with E-state index in [-0.39, 0.29) is 29.5 Å². The van der Waals surface area contributed by atoms with Crippen molar-refractivity contribution in [2.75, 3.05) is 12.4 Å². The molecule has 0 bridgehead atoms. The zero-order valence-electron chi connectivity index (χ0n) is 17.2. The number of carbonyl (C=O) groups is 2. The topological polar surface area (TPSA) is 102 Å². The summed E-state index contributed by atoms with van der Waals surface area (Å²) in [4.78, 5) is 24.4. The molecule has 1 saturated carbocycles. The first-order valence-corrected chi connectivity index (χ1v) is 12.6. The molecule has 2 aromatic rings. The maximum absolute atomic E-state index is 12.4. The second kappa shape index (κ2) is 11.0. The summed E-state index contributed by atoms with van der Waals surface area (Å²) in [7, 11) is -3.73. The molecule has 1 aliphatic carbocycles. The minimum absolute atomic E-state index is 0.0118. The fraction of sp³-hybridized carbons (Fsp3) is 0.364. The highest BCUT2D eigenvalue weighted by molar-refractivity contribution is 7.92. The third-order valence-corrected chi connectivity index (χ3v) is 7.27. The van der Waals surface area contributed by atoms with Crippen LogP contribution in [0.1, 0.15) is 25.7 Å². The van der Waals surface area contributed by atoms with Crippen molar-refractivity contribution in [3.05, 3.63) is 58.6 Å². The van der Waals surface area contributed by atoms with Crippen LogP contribution in [0.2, 0.25) is 10.0 Å². The average Bonchev–Trinajstić information content (AvgIpc) is 2.74. The van der Waals surface area contributed by atoms with E-state index in [1.165, 1.54) is 24.3 Å². The van der Waals surface area contributed by atoms with Gasteiger partial charge in [-0.25, -0.2) is 8.42 Å². The van der Waals surface area contributed by atoms with Crippen molar-refractivity contribution in [1.29, 1.82) is 0 Å². The molecule has 0 saturated heterocycles. The second-order valence-corrected chi connectivity index (χ2v) is 10.5. The Balaban J connectivity index is 1.38. The molecule has 10 heteroatoms. The van der Waals surface area contributed by atoms with Crippen LogP contribution < -0.4 is 15.4 Å². The van der Waals surface area contributed by atoms with E-state index < -0.39 is 21.5 Å². The van der Waals surface area contributed by atoms with E-state index in [9.17, 15) is 18.0 Å². The van der Waals surface area contributed by atoms with Crippen LogP contribution in [-0.2, 0) is 19.4 Å². The Hall–Kier alpha value is -2.29. The minimum Gasteiger partial charge on any atom is -0.484 e. The summed E-state index contributed by atoms with van der Waals surface area (Å²) in [6.45, 7) is -0.0964. The van der Waals surface area contributed by atoms with Gasteiger partial charge in [-0.05, 0) is 74.2 Å². The van der Waals surface area contributed by atoms with Gasteiger partial charge in [-0.1, -0.05) is 23.2 Å². The number of hydrogen-bond acceptors (Lipinski definition) is 5. The molecule has 1 aliphatic rings. The van der Waals surface area contributed by atoms with Crippen molar-refractivity contribution in [2.24, 2.45) is 0 Å². The molecule has 0 aromatic heterocycles. The van der Waals surface area contributed by atoms with Gasteiger partial charge in [-0.15, -0.1) is 0 Å². The first-order valence-electron chi connectivity index (χ1n) is 10.2. The SMILES string of the molecule is O=C(COc1ccc(Cl)cc1)N[C@H]1CC[C@H](NC(=O)CS(=O)(=O)c2ccc(Cl)cc2)CC1. The highest BCUT2D eigenvalue weighted by Gasteiger charge is 2.26. The summed E-state index contributed by atoms with van der Waals surface area (Å²) in [5.74, 6) is -0.817. The average molecular weight is 499 g/mol. The van der Waals surface area contributed by atoms with Gasteiger partial charge in [0.15, 0.2) is 16.4 Å². The third kappa shape index (κ3) is 7.39. The van der Waals surface area contributed by atoms with Gasteiger partial charge in [0.05, 0.1) is 4.90 Å². The monoisotopic (exact) mass is 498 g/mol. The number of hydrogen-bond donors (Lipinski definition) is 2. The van der Waals surface area contributed by atoms with Crippen molar-refractivity contribution < 1.29 is 22.7 Å². The molecule has 3 rings (SSSR count). The van der Waals surface area contributed by atoms with Crippen molar-refractivity contribution in [2.45, 2.75) is 42.7 Å². The quantitative estimate of drug-likeness (QED) is 0.580. The summed E-state index contributed by atoms with van der Waals surface area (Å²) in [5.41, 5.74) is 0. The number of benzene rings is 2. The number of halogens is 2. The number of sulfone groups is 1. The van der Waals surface area contributed by atoms with E-state index >= 15 is 0 Å². The second-order valence-electron chi connectivity index (χ2n) is 7.64. The molecule has 0 atom stereocenters. The summed E-state index contributed by atoms with van der Waals surface area (Å²) in [6, 6.07) is 12.3. The Morgan fingerprint density at radius 2 is 1.28 bits per heavy atom. The first-order chi connectivity index (χ1) is 15.2. The maximum Gasteiger partial charge on any atom is 0.258 e. The van der Waals surface area contributed by atoms with Gasteiger partial charge in [0.1, 0.15) is 11.5 Å². The van der Waals surface area contributed by atoms with E-state index in [1.54, 1.807) is 24.3 Å². The third-order valence-electron chi connectivity index (χ3n) is 5.13. The number of nitrogens with one attached hydrogen (secondary N) is 2.